The number of thiocarbonyl (C=S) groups is 1. The van der Waals surface area contributed by atoms with Crippen molar-refractivity contribution in [2.24, 2.45) is 11.7 Å². The Hall–Kier alpha value is -0.720. The third-order valence-corrected chi connectivity index (χ3v) is 3.40. The topological polar surface area (TPSA) is 64.8 Å². The first-order valence-electron chi connectivity index (χ1n) is 6.24. The van der Waals surface area contributed by atoms with Gasteiger partial charge in [-0.3, -0.25) is 4.79 Å². The molecule has 1 fully saturated rings. The summed E-state index contributed by atoms with van der Waals surface area (Å²) in [5, 5.41) is 0. The zero-order valence-electron chi connectivity index (χ0n) is 11.1. The van der Waals surface area contributed by atoms with Gasteiger partial charge in [0.2, 0.25) is 5.91 Å². The van der Waals surface area contributed by atoms with Crippen LogP contribution < -0.4 is 5.73 Å². The molecule has 5 nitrogen and oxygen atoms in total. The van der Waals surface area contributed by atoms with Crippen molar-refractivity contribution >= 4 is 23.1 Å². The summed E-state index contributed by atoms with van der Waals surface area (Å²) in [6.07, 6.45) is 1.33. The van der Waals surface area contributed by atoms with Gasteiger partial charge in [0, 0.05) is 33.2 Å². The minimum absolute atomic E-state index is 0.00706. The van der Waals surface area contributed by atoms with Gasteiger partial charge in [0.1, 0.15) is 0 Å². The summed E-state index contributed by atoms with van der Waals surface area (Å²) >= 11 is 4.85. The molecule has 0 saturated carbocycles. The molecule has 2 atom stereocenters. The Morgan fingerprint density at radius 1 is 1.56 bits per heavy atom. The molecule has 1 amide bonds. The second kappa shape index (κ2) is 7.66. The van der Waals surface area contributed by atoms with E-state index in [1.807, 2.05) is 6.92 Å². The van der Waals surface area contributed by atoms with E-state index in [0.29, 0.717) is 37.7 Å². The van der Waals surface area contributed by atoms with Crippen molar-refractivity contribution in [1.82, 2.24) is 4.90 Å². The van der Waals surface area contributed by atoms with Gasteiger partial charge in [-0.1, -0.05) is 12.2 Å². The summed E-state index contributed by atoms with van der Waals surface area (Å²) in [4.78, 5) is 14.6. The Balaban J connectivity index is 2.56. The van der Waals surface area contributed by atoms with Crippen LogP contribution in [0.15, 0.2) is 0 Å². The number of hydrogen-bond donors (Lipinski definition) is 1. The lowest BCUT2D eigenvalue weighted by Gasteiger charge is -2.26. The Morgan fingerprint density at radius 2 is 2.28 bits per heavy atom. The monoisotopic (exact) mass is 274 g/mol. The number of carbonyl (C=O) groups is 1. The Bertz CT molecular complexity index is 299. The predicted molar refractivity (Wildman–Crippen MR) is 73.4 cm³/mol. The van der Waals surface area contributed by atoms with Crippen LogP contribution in [0.5, 0.6) is 0 Å². The molecule has 1 aliphatic heterocycles. The quantitative estimate of drug-likeness (QED) is 0.687. The molecule has 0 aromatic heterocycles. The van der Waals surface area contributed by atoms with Crippen LogP contribution in [0.1, 0.15) is 19.8 Å². The molecule has 6 heteroatoms. The van der Waals surface area contributed by atoms with Crippen molar-refractivity contribution in [3.05, 3.63) is 0 Å². The van der Waals surface area contributed by atoms with Crippen molar-refractivity contribution in [1.29, 1.82) is 0 Å². The number of methoxy groups -OCH3 is 1. The number of nitrogens with two attached hydrogens (primary N) is 1. The average molecular weight is 274 g/mol. The van der Waals surface area contributed by atoms with Crippen LogP contribution in [-0.4, -0.2) is 55.3 Å². The lowest BCUT2D eigenvalue weighted by atomic mass is 10.0. The minimum atomic E-state index is -0.0480. The van der Waals surface area contributed by atoms with Gasteiger partial charge in [-0.05, 0) is 13.3 Å². The summed E-state index contributed by atoms with van der Waals surface area (Å²) in [6.45, 7) is 4.25. The van der Waals surface area contributed by atoms with Crippen LogP contribution in [0.25, 0.3) is 0 Å². The highest BCUT2D eigenvalue weighted by Gasteiger charge is 2.33. The highest BCUT2D eigenvalue weighted by Crippen LogP contribution is 2.22. The Morgan fingerprint density at radius 3 is 2.78 bits per heavy atom. The van der Waals surface area contributed by atoms with E-state index in [0.717, 1.165) is 6.42 Å². The fourth-order valence-corrected chi connectivity index (χ4v) is 2.16. The van der Waals surface area contributed by atoms with E-state index in [1.54, 1.807) is 12.0 Å². The molecule has 18 heavy (non-hydrogen) atoms. The van der Waals surface area contributed by atoms with Gasteiger partial charge in [-0.25, -0.2) is 0 Å². The maximum atomic E-state index is 12.4. The van der Waals surface area contributed by atoms with Crippen LogP contribution >= 0.6 is 12.2 Å². The van der Waals surface area contributed by atoms with E-state index in [1.165, 1.54) is 0 Å². The second-order valence-electron chi connectivity index (χ2n) is 4.51. The third-order valence-electron chi connectivity index (χ3n) is 3.20. The SMILES string of the molecule is COCCN(CCC(N)=S)C(=O)C1CCOC1C. The van der Waals surface area contributed by atoms with Gasteiger partial charge in [0.25, 0.3) is 0 Å². The first-order chi connectivity index (χ1) is 8.56. The maximum Gasteiger partial charge on any atom is 0.228 e. The van der Waals surface area contributed by atoms with Gasteiger partial charge in [0.15, 0.2) is 0 Å². The second-order valence-corrected chi connectivity index (χ2v) is 5.03. The van der Waals surface area contributed by atoms with E-state index < -0.39 is 0 Å². The fourth-order valence-electron chi connectivity index (χ4n) is 2.07. The van der Waals surface area contributed by atoms with E-state index >= 15 is 0 Å². The van der Waals surface area contributed by atoms with Crippen LogP contribution in [0.4, 0.5) is 0 Å². The van der Waals surface area contributed by atoms with Crippen molar-refractivity contribution < 1.29 is 14.3 Å². The van der Waals surface area contributed by atoms with Crippen LogP contribution in [0.2, 0.25) is 0 Å². The molecule has 0 bridgehead atoms. The number of ether oxygens (including phenoxy) is 2. The summed E-state index contributed by atoms with van der Waals surface area (Å²) in [5.74, 6) is 0.0708. The van der Waals surface area contributed by atoms with Crippen LogP contribution in [-0.2, 0) is 14.3 Å². The Kier molecular flexibility index (Phi) is 6.52. The standard InChI is InChI=1S/C12H22N2O3S/c1-9-10(4-7-17-9)12(15)14(6-8-16-2)5-3-11(13)18/h9-10H,3-8H2,1-2H3,(H2,13,18). The van der Waals surface area contributed by atoms with Gasteiger partial charge in [-0.2, -0.15) is 0 Å². The van der Waals surface area contributed by atoms with Gasteiger partial charge in [0.05, 0.1) is 23.6 Å². The molecule has 1 aliphatic rings. The summed E-state index contributed by atoms with van der Waals surface area (Å²) < 4.78 is 10.5. The predicted octanol–water partition coefficient (Wildman–Crippen LogP) is 0.563. The number of amides is 1. The fraction of sp³-hybridized carbons (Fsp3) is 0.833. The van der Waals surface area contributed by atoms with E-state index in [2.05, 4.69) is 0 Å². The molecule has 0 aliphatic carbocycles. The van der Waals surface area contributed by atoms with Gasteiger partial charge < -0.3 is 20.1 Å². The Labute approximate surface area is 114 Å². The van der Waals surface area contributed by atoms with E-state index in [-0.39, 0.29) is 17.9 Å². The summed E-state index contributed by atoms with van der Waals surface area (Å²) in [6, 6.07) is 0. The zero-order chi connectivity index (χ0) is 13.5. The molecular weight excluding hydrogens is 252 g/mol. The molecule has 2 N–H and O–H groups in total. The highest BCUT2D eigenvalue weighted by atomic mass is 32.1. The first kappa shape index (κ1) is 15.3. The molecule has 1 rings (SSSR count). The minimum Gasteiger partial charge on any atom is -0.393 e. The summed E-state index contributed by atoms with van der Waals surface area (Å²) in [7, 11) is 1.62. The maximum absolute atomic E-state index is 12.4. The molecule has 0 radical (unpaired) electrons. The molecule has 1 saturated heterocycles. The first-order valence-corrected chi connectivity index (χ1v) is 6.64. The third kappa shape index (κ3) is 4.51. The molecule has 0 aromatic carbocycles. The van der Waals surface area contributed by atoms with Crippen molar-refractivity contribution in [2.45, 2.75) is 25.9 Å². The van der Waals surface area contributed by atoms with Crippen molar-refractivity contribution in [2.75, 3.05) is 33.4 Å². The molecule has 1 heterocycles. The normalized spacial score (nSPS) is 23.0. The lowest BCUT2D eigenvalue weighted by molar-refractivity contribution is -0.137. The smallest absolute Gasteiger partial charge is 0.228 e. The molecule has 0 aromatic rings. The molecule has 0 spiro atoms. The summed E-state index contributed by atoms with van der Waals surface area (Å²) in [5.41, 5.74) is 5.49. The number of hydrogen-bond acceptors (Lipinski definition) is 4. The van der Waals surface area contributed by atoms with Crippen LogP contribution in [0, 0.1) is 5.92 Å². The highest BCUT2D eigenvalue weighted by molar-refractivity contribution is 7.80. The number of nitrogens with zero attached hydrogens (tertiary/aromatic N) is 1. The van der Waals surface area contributed by atoms with Crippen LogP contribution in [0.3, 0.4) is 0 Å². The molecule has 104 valence electrons. The number of carbonyl (C=O) groups excluding carboxylic acids is 1. The molecule has 2 unspecified atom stereocenters. The number of rotatable bonds is 7. The van der Waals surface area contributed by atoms with Gasteiger partial charge in [-0.15, -0.1) is 0 Å². The zero-order valence-corrected chi connectivity index (χ0v) is 11.9. The lowest BCUT2D eigenvalue weighted by Crippen LogP contribution is -2.41. The van der Waals surface area contributed by atoms with Crippen molar-refractivity contribution in [3.63, 3.8) is 0 Å². The van der Waals surface area contributed by atoms with Crippen molar-refractivity contribution in [3.8, 4) is 0 Å². The largest absolute Gasteiger partial charge is 0.393 e. The van der Waals surface area contributed by atoms with E-state index in [9.17, 15) is 4.79 Å². The average Bonchev–Trinajstić information content (AvgIpc) is 2.74. The van der Waals surface area contributed by atoms with E-state index in [4.69, 9.17) is 27.4 Å². The van der Waals surface area contributed by atoms with Gasteiger partial charge >= 0.3 is 0 Å². The molecular formula is C12H22N2O3S.